The van der Waals surface area contributed by atoms with E-state index in [1.807, 2.05) is 0 Å². The van der Waals surface area contributed by atoms with Crippen LogP contribution in [0.4, 0.5) is 0 Å². The van der Waals surface area contributed by atoms with E-state index in [9.17, 15) is 4.79 Å². The van der Waals surface area contributed by atoms with E-state index < -0.39 is 0 Å². The third kappa shape index (κ3) is 1.69. The van der Waals surface area contributed by atoms with Crippen molar-refractivity contribution in [1.82, 2.24) is 9.97 Å². The Balaban J connectivity index is 2.52. The van der Waals surface area contributed by atoms with Gasteiger partial charge < -0.3 is 9.97 Å². The molecule has 72 valence electrons. The molecule has 0 aliphatic carbocycles. The summed E-state index contributed by atoms with van der Waals surface area (Å²) in [5.74, 6) is 0. The van der Waals surface area contributed by atoms with Crippen LogP contribution in [0, 0.1) is 0 Å². The number of hydrogen-bond donors (Lipinski definition) is 2. The highest BCUT2D eigenvalue weighted by Gasteiger charge is 2.03. The molecule has 0 bridgehead atoms. The van der Waals surface area contributed by atoms with Crippen LogP contribution in [0.25, 0.3) is 11.3 Å². The Hall–Kier alpha value is -1.19. The predicted octanol–water partition coefficient (Wildman–Crippen LogP) is 2.68. The van der Waals surface area contributed by atoms with Crippen LogP contribution in [-0.4, -0.2) is 9.97 Å². The lowest BCUT2D eigenvalue weighted by molar-refractivity contribution is 1.19. The van der Waals surface area contributed by atoms with Crippen molar-refractivity contribution in [3.8, 4) is 11.3 Å². The molecule has 5 heteroatoms. The summed E-state index contributed by atoms with van der Waals surface area (Å²) in [5, 5.41) is 0.958. The summed E-state index contributed by atoms with van der Waals surface area (Å²) in [6, 6.07) is 5.17. The number of aromatic amines is 2. The first-order chi connectivity index (χ1) is 6.66. The van der Waals surface area contributed by atoms with Gasteiger partial charge in [-0.25, -0.2) is 4.79 Å². The number of hydrogen-bond acceptors (Lipinski definition) is 1. The molecule has 0 unspecified atom stereocenters. The second-order valence-electron chi connectivity index (χ2n) is 2.79. The molecular formula is C9H6Cl2N2O. The number of H-pyrrole nitrogens is 2. The Morgan fingerprint density at radius 1 is 1.14 bits per heavy atom. The van der Waals surface area contributed by atoms with E-state index in [4.69, 9.17) is 23.2 Å². The van der Waals surface area contributed by atoms with Gasteiger partial charge in [0.15, 0.2) is 0 Å². The number of benzene rings is 1. The van der Waals surface area contributed by atoms with Gasteiger partial charge in [0.2, 0.25) is 0 Å². The van der Waals surface area contributed by atoms with Crippen molar-refractivity contribution in [1.29, 1.82) is 0 Å². The van der Waals surface area contributed by atoms with Crippen LogP contribution < -0.4 is 5.69 Å². The SMILES string of the molecule is O=c1[nH]cc(-c2ccc(Cl)c(Cl)c2)[nH]1. The number of rotatable bonds is 1. The number of aromatic nitrogens is 2. The third-order valence-electron chi connectivity index (χ3n) is 1.83. The Labute approximate surface area is 89.7 Å². The Morgan fingerprint density at radius 2 is 1.93 bits per heavy atom. The molecule has 1 aromatic heterocycles. The molecular weight excluding hydrogens is 223 g/mol. The van der Waals surface area contributed by atoms with Gasteiger partial charge >= 0.3 is 5.69 Å². The van der Waals surface area contributed by atoms with Crippen molar-refractivity contribution in [2.45, 2.75) is 0 Å². The van der Waals surface area contributed by atoms with E-state index in [2.05, 4.69) is 9.97 Å². The molecule has 0 spiro atoms. The molecule has 0 saturated carbocycles. The van der Waals surface area contributed by atoms with Crippen LogP contribution in [0.2, 0.25) is 10.0 Å². The van der Waals surface area contributed by atoms with Crippen LogP contribution >= 0.6 is 23.2 Å². The standard InChI is InChI=1S/C9H6Cl2N2O/c10-6-2-1-5(3-7(6)11)8-4-12-9(14)13-8/h1-4H,(H2,12,13,14). The minimum absolute atomic E-state index is 0.244. The summed E-state index contributed by atoms with van der Waals surface area (Å²) in [7, 11) is 0. The van der Waals surface area contributed by atoms with Crippen molar-refractivity contribution in [2.24, 2.45) is 0 Å². The summed E-state index contributed by atoms with van der Waals surface area (Å²) < 4.78 is 0. The van der Waals surface area contributed by atoms with E-state index >= 15 is 0 Å². The topological polar surface area (TPSA) is 48.6 Å². The van der Waals surface area contributed by atoms with Gasteiger partial charge in [0, 0.05) is 11.8 Å². The molecule has 2 aromatic rings. The van der Waals surface area contributed by atoms with Crippen LogP contribution in [0.1, 0.15) is 0 Å². The summed E-state index contributed by atoms with van der Waals surface area (Å²) in [6.45, 7) is 0. The van der Waals surface area contributed by atoms with Crippen LogP contribution in [0.5, 0.6) is 0 Å². The van der Waals surface area contributed by atoms with E-state index in [-0.39, 0.29) is 5.69 Å². The first kappa shape index (κ1) is 9.37. The van der Waals surface area contributed by atoms with E-state index in [0.29, 0.717) is 15.7 Å². The highest BCUT2D eigenvalue weighted by Crippen LogP contribution is 2.26. The van der Waals surface area contributed by atoms with Gasteiger partial charge in [0.25, 0.3) is 0 Å². The molecule has 0 fully saturated rings. The van der Waals surface area contributed by atoms with Crippen LogP contribution in [-0.2, 0) is 0 Å². The van der Waals surface area contributed by atoms with Crippen molar-refractivity contribution in [3.05, 3.63) is 44.9 Å². The maximum absolute atomic E-state index is 10.8. The Kier molecular flexibility index (Phi) is 2.35. The number of nitrogens with one attached hydrogen (secondary N) is 2. The molecule has 1 aromatic carbocycles. The molecule has 2 N–H and O–H groups in total. The lowest BCUT2D eigenvalue weighted by atomic mass is 10.2. The summed E-state index contributed by atoms with van der Waals surface area (Å²) in [4.78, 5) is 16.0. The number of imidazole rings is 1. The monoisotopic (exact) mass is 228 g/mol. The molecule has 0 atom stereocenters. The smallest absolute Gasteiger partial charge is 0.312 e. The maximum Gasteiger partial charge on any atom is 0.323 e. The second kappa shape index (κ2) is 3.52. The first-order valence-corrected chi connectivity index (χ1v) is 4.65. The molecule has 1 heterocycles. The fourth-order valence-corrected chi connectivity index (χ4v) is 1.45. The van der Waals surface area contributed by atoms with Gasteiger partial charge in [-0.1, -0.05) is 29.3 Å². The van der Waals surface area contributed by atoms with Gasteiger partial charge in [0.05, 0.1) is 15.7 Å². The molecule has 0 saturated heterocycles. The molecule has 0 aliphatic heterocycles. The first-order valence-electron chi connectivity index (χ1n) is 3.90. The average Bonchev–Trinajstić information content (AvgIpc) is 2.57. The molecule has 14 heavy (non-hydrogen) atoms. The second-order valence-corrected chi connectivity index (χ2v) is 3.60. The number of halogens is 2. The van der Waals surface area contributed by atoms with E-state index in [0.717, 1.165) is 5.56 Å². The zero-order chi connectivity index (χ0) is 10.1. The molecule has 0 aliphatic rings. The lowest BCUT2D eigenvalue weighted by Crippen LogP contribution is -1.99. The van der Waals surface area contributed by atoms with Gasteiger partial charge in [0.1, 0.15) is 0 Å². The zero-order valence-corrected chi connectivity index (χ0v) is 8.49. The summed E-state index contributed by atoms with van der Waals surface area (Å²) in [6.07, 6.45) is 1.59. The van der Waals surface area contributed by atoms with Gasteiger partial charge in [-0.3, -0.25) is 0 Å². The third-order valence-corrected chi connectivity index (χ3v) is 2.57. The minimum atomic E-state index is -0.244. The highest BCUT2D eigenvalue weighted by molar-refractivity contribution is 6.42. The summed E-state index contributed by atoms with van der Waals surface area (Å²) in [5.41, 5.74) is 1.26. The fourth-order valence-electron chi connectivity index (χ4n) is 1.15. The predicted molar refractivity (Wildman–Crippen MR) is 56.9 cm³/mol. The van der Waals surface area contributed by atoms with Gasteiger partial charge in [-0.15, -0.1) is 0 Å². The van der Waals surface area contributed by atoms with Crippen LogP contribution in [0.15, 0.2) is 29.2 Å². The fraction of sp³-hybridized carbons (Fsp3) is 0. The van der Waals surface area contributed by atoms with Crippen molar-refractivity contribution >= 4 is 23.2 Å². The van der Waals surface area contributed by atoms with Gasteiger partial charge in [-0.05, 0) is 12.1 Å². The summed E-state index contributed by atoms with van der Waals surface area (Å²) >= 11 is 11.6. The minimum Gasteiger partial charge on any atom is -0.312 e. The Bertz CT molecular complexity index is 516. The zero-order valence-electron chi connectivity index (χ0n) is 6.97. The molecule has 0 amide bonds. The Morgan fingerprint density at radius 3 is 2.50 bits per heavy atom. The molecule has 2 rings (SSSR count). The highest BCUT2D eigenvalue weighted by atomic mass is 35.5. The van der Waals surface area contributed by atoms with Gasteiger partial charge in [-0.2, -0.15) is 0 Å². The average molecular weight is 229 g/mol. The van der Waals surface area contributed by atoms with E-state index in [1.165, 1.54) is 0 Å². The van der Waals surface area contributed by atoms with Crippen molar-refractivity contribution < 1.29 is 0 Å². The lowest BCUT2D eigenvalue weighted by Gasteiger charge is -1.99. The maximum atomic E-state index is 10.8. The van der Waals surface area contributed by atoms with Crippen molar-refractivity contribution in [2.75, 3.05) is 0 Å². The van der Waals surface area contributed by atoms with Crippen molar-refractivity contribution in [3.63, 3.8) is 0 Å². The van der Waals surface area contributed by atoms with Crippen LogP contribution in [0.3, 0.4) is 0 Å². The van der Waals surface area contributed by atoms with E-state index in [1.54, 1.807) is 24.4 Å². The molecule has 0 radical (unpaired) electrons. The normalized spacial score (nSPS) is 10.4. The quantitative estimate of drug-likeness (QED) is 0.775. The molecule has 3 nitrogen and oxygen atoms in total. The largest absolute Gasteiger partial charge is 0.323 e.